The standard InChI is InChI=1S/C20H21NO4/c1-3-7-15(22)19-16(23)11-14(13-8-5-4-6-9-13)18(20(19)24)17-10-12(2)21-25-17/h4-6,8-10,14,18-19H,3,7,11H2,1-2H3. The van der Waals surface area contributed by atoms with Crippen LogP contribution in [0.15, 0.2) is 40.9 Å². The fourth-order valence-electron chi connectivity index (χ4n) is 3.60. The van der Waals surface area contributed by atoms with Crippen molar-refractivity contribution in [3.8, 4) is 0 Å². The molecule has 1 aromatic carbocycles. The summed E-state index contributed by atoms with van der Waals surface area (Å²) in [5, 5.41) is 3.88. The summed E-state index contributed by atoms with van der Waals surface area (Å²) in [5.41, 5.74) is 1.56. The Bertz CT molecular complexity index is 793. The molecule has 0 bridgehead atoms. The highest BCUT2D eigenvalue weighted by atomic mass is 16.5. The van der Waals surface area contributed by atoms with Crippen LogP contribution in [0.3, 0.4) is 0 Å². The topological polar surface area (TPSA) is 77.2 Å². The van der Waals surface area contributed by atoms with E-state index in [1.165, 1.54) is 0 Å². The van der Waals surface area contributed by atoms with Crippen LogP contribution in [0.4, 0.5) is 0 Å². The van der Waals surface area contributed by atoms with Crippen LogP contribution in [0.25, 0.3) is 0 Å². The maximum absolute atomic E-state index is 13.1. The van der Waals surface area contributed by atoms with Crippen molar-refractivity contribution in [1.82, 2.24) is 5.16 Å². The number of aromatic nitrogens is 1. The van der Waals surface area contributed by atoms with Gasteiger partial charge in [0.1, 0.15) is 11.7 Å². The van der Waals surface area contributed by atoms with Crippen molar-refractivity contribution in [2.24, 2.45) is 5.92 Å². The van der Waals surface area contributed by atoms with Crippen LogP contribution >= 0.6 is 0 Å². The summed E-state index contributed by atoms with van der Waals surface area (Å²) in [6.07, 6.45) is 1.00. The second-order valence-electron chi connectivity index (χ2n) is 6.59. The second kappa shape index (κ2) is 7.13. The fraction of sp³-hybridized carbons (Fsp3) is 0.400. The lowest BCUT2D eigenvalue weighted by molar-refractivity contribution is -0.144. The Kier molecular flexibility index (Phi) is 4.93. The van der Waals surface area contributed by atoms with Gasteiger partial charge in [0.05, 0.1) is 11.6 Å². The monoisotopic (exact) mass is 339 g/mol. The fourth-order valence-corrected chi connectivity index (χ4v) is 3.60. The van der Waals surface area contributed by atoms with E-state index in [9.17, 15) is 14.4 Å². The van der Waals surface area contributed by atoms with E-state index in [1.54, 1.807) is 13.0 Å². The Morgan fingerprint density at radius 1 is 1.24 bits per heavy atom. The molecule has 1 aliphatic rings. The number of aryl methyl sites for hydroxylation is 1. The van der Waals surface area contributed by atoms with Crippen LogP contribution in [0.2, 0.25) is 0 Å². The number of Topliss-reactive ketones (excluding diaryl/α,β-unsaturated/α-hetero) is 3. The Hall–Kier alpha value is -2.56. The summed E-state index contributed by atoms with van der Waals surface area (Å²) in [6, 6.07) is 11.2. The van der Waals surface area contributed by atoms with Gasteiger partial charge in [0.2, 0.25) is 0 Å². The molecule has 3 rings (SSSR count). The van der Waals surface area contributed by atoms with Gasteiger partial charge in [0, 0.05) is 24.8 Å². The molecule has 130 valence electrons. The molecule has 2 aromatic rings. The third-order valence-electron chi connectivity index (χ3n) is 4.74. The van der Waals surface area contributed by atoms with Crippen LogP contribution < -0.4 is 0 Å². The summed E-state index contributed by atoms with van der Waals surface area (Å²) in [6.45, 7) is 3.64. The first-order valence-corrected chi connectivity index (χ1v) is 8.60. The van der Waals surface area contributed by atoms with E-state index in [-0.39, 0.29) is 36.1 Å². The van der Waals surface area contributed by atoms with E-state index < -0.39 is 11.8 Å². The van der Waals surface area contributed by atoms with E-state index in [0.717, 1.165) is 5.56 Å². The Labute approximate surface area is 146 Å². The molecule has 25 heavy (non-hydrogen) atoms. The average molecular weight is 339 g/mol. The number of ketones is 3. The van der Waals surface area contributed by atoms with Crippen molar-refractivity contribution in [3.05, 3.63) is 53.4 Å². The molecule has 1 heterocycles. The number of hydrogen-bond acceptors (Lipinski definition) is 5. The van der Waals surface area contributed by atoms with Gasteiger partial charge in [0.25, 0.3) is 0 Å². The van der Waals surface area contributed by atoms with Gasteiger partial charge in [-0.3, -0.25) is 14.4 Å². The van der Waals surface area contributed by atoms with Gasteiger partial charge < -0.3 is 4.52 Å². The lowest BCUT2D eigenvalue weighted by Crippen LogP contribution is -2.42. The summed E-state index contributed by atoms with van der Waals surface area (Å²) >= 11 is 0. The minimum Gasteiger partial charge on any atom is -0.360 e. The van der Waals surface area contributed by atoms with Crippen LogP contribution in [0.5, 0.6) is 0 Å². The molecule has 1 aromatic heterocycles. The van der Waals surface area contributed by atoms with Crippen molar-refractivity contribution in [2.45, 2.75) is 44.9 Å². The van der Waals surface area contributed by atoms with Gasteiger partial charge in [-0.15, -0.1) is 0 Å². The van der Waals surface area contributed by atoms with E-state index in [2.05, 4.69) is 5.16 Å². The molecule has 1 aliphatic carbocycles. The quantitative estimate of drug-likeness (QED) is 0.781. The molecule has 0 aliphatic heterocycles. The molecule has 3 unspecified atom stereocenters. The van der Waals surface area contributed by atoms with Crippen molar-refractivity contribution >= 4 is 17.3 Å². The van der Waals surface area contributed by atoms with Crippen molar-refractivity contribution in [3.63, 3.8) is 0 Å². The molecule has 0 saturated heterocycles. The van der Waals surface area contributed by atoms with Crippen molar-refractivity contribution in [2.75, 3.05) is 0 Å². The summed E-state index contributed by atoms with van der Waals surface area (Å²) in [4.78, 5) is 38.1. The van der Waals surface area contributed by atoms with E-state index >= 15 is 0 Å². The lowest BCUT2D eigenvalue weighted by Gasteiger charge is -2.32. The molecule has 0 N–H and O–H groups in total. The van der Waals surface area contributed by atoms with Crippen molar-refractivity contribution in [1.29, 1.82) is 0 Å². The Morgan fingerprint density at radius 2 is 1.96 bits per heavy atom. The van der Waals surface area contributed by atoms with Crippen LogP contribution in [0, 0.1) is 12.8 Å². The predicted octanol–water partition coefficient (Wildman–Crippen LogP) is 3.38. The zero-order valence-electron chi connectivity index (χ0n) is 14.4. The SMILES string of the molecule is CCCC(=O)C1C(=O)CC(c2ccccc2)C(c2cc(C)no2)C1=O. The molecule has 1 saturated carbocycles. The number of benzene rings is 1. The molecule has 0 radical (unpaired) electrons. The molecule has 1 fully saturated rings. The van der Waals surface area contributed by atoms with Gasteiger partial charge in [-0.2, -0.15) is 0 Å². The van der Waals surface area contributed by atoms with Crippen LogP contribution in [-0.4, -0.2) is 22.5 Å². The second-order valence-corrected chi connectivity index (χ2v) is 6.59. The Morgan fingerprint density at radius 3 is 2.56 bits per heavy atom. The zero-order chi connectivity index (χ0) is 18.0. The molecule has 0 amide bonds. The number of carbonyl (C=O) groups excluding carboxylic acids is 3. The maximum Gasteiger partial charge on any atom is 0.162 e. The first kappa shape index (κ1) is 17.3. The van der Waals surface area contributed by atoms with Crippen LogP contribution in [0.1, 0.15) is 55.0 Å². The van der Waals surface area contributed by atoms with Gasteiger partial charge in [-0.05, 0) is 18.9 Å². The van der Waals surface area contributed by atoms with E-state index in [1.807, 2.05) is 37.3 Å². The van der Waals surface area contributed by atoms with Crippen molar-refractivity contribution < 1.29 is 18.9 Å². The minimum absolute atomic E-state index is 0.153. The zero-order valence-corrected chi connectivity index (χ0v) is 14.4. The van der Waals surface area contributed by atoms with Gasteiger partial charge in [-0.1, -0.05) is 42.4 Å². The normalized spacial score (nSPS) is 23.7. The number of hydrogen-bond donors (Lipinski definition) is 0. The molecule has 5 nitrogen and oxygen atoms in total. The lowest BCUT2D eigenvalue weighted by atomic mass is 9.67. The van der Waals surface area contributed by atoms with Gasteiger partial charge in [-0.25, -0.2) is 0 Å². The first-order valence-electron chi connectivity index (χ1n) is 8.60. The smallest absolute Gasteiger partial charge is 0.162 e. The minimum atomic E-state index is -1.17. The third kappa shape index (κ3) is 3.31. The van der Waals surface area contributed by atoms with Crippen LogP contribution in [-0.2, 0) is 14.4 Å². The van der Waals surface area contributed by atoms with E-state index in [0.29, 0.717) is 17.9 Å². The van der Waals surface area contributed by atoms with Gasteiger partial charge in [0.15, 0.2) is 17.3 Å². The Balaban J connectivity index is 2.03. The highest BCUT2D eigenvalue weighted by Gasteiger charge is 2.48. The number of nitrogens with zero attached hydrogens (tertiary/aromatic N) is 1. The predicted molar refractivity (Wildman–Crippen MR) is 91.2 cm³/mol. The molecular formula is C20H21NO4. The number of carbonyl (C=O) groups is 3. The van der Waals surface area contributed by atoms with E-state index in [4.69, 9.17) is 4.52 Å². The first-order chi connectivity index (χ1) is 12.0. The van der Waals surface area contributed by atoms with Gasteiger partial charge >= 0.3 is 0 Å². The molecular weight excluding hydrogens is 318 g/mol. The summed E-state index contributed by atoms with van der Waals surface area (Å²) in [5.74, 6) is -2.67. The molecule has 0 spiro atoms. The molecule has 5 heteroatoms. The summed E-state index contributed by atoms with van der Waals surface area (Å²) < 4.78 is 5.36. The number of rotatable bonds is 5. The average Bonchev–Trinajstić information content (AvgIpc) is 3.01. The highest BCUT2D eigenvalue weighted by Crippen LogP contribution is 2.43. The molecule has 3 atom stereocenters. The largest absolute Gasteiger partial charge is 0.360 e. The third-order valence-corrected chi connectivity index (χ3v) is 4.74. The highest BCUT2D eigenvalue weighted by molar-refractivity contribution is 6.22. The maximum atomic E-state index is 13.1. The summed E-state index contributed by atoms with van der Waals surface area (Å²) in [7, 11) is 0.